The monoisotopic (exact) mass is 543 g/mol. The Balaban J connectivity index is 1.17. The lowest BCUT2D eigenvalue weighted by atomic mass is 9.78. The van der Waals surface area contributed by atoms with Crippen LogP contribution in [0.1, 0.15) is 62.5 Å². The van der Waals surface area contributed by atoms with Crippen molar-refractivity contribution in [3.8, 4) is 0 Å². The van der Waals surface area contributed by atoms with Crippen molar-refractivity contribution in [2.45, 2.75) is 69.0 Å². The average molecular weight is 544 g/mol. The Bertz CT molecular complexity index is 1370. The summed E-state index contributed by atoms with van der Waals surface area (Å²) in [6, 6.07) is 7.27. The number of aromatic nitrogens is 3. The molecule has 2 bridgehead atoms. The zero-order chi connectivity index (χ0) is 26.4. The lowest BCUT2D eigenvalue weighted by Crippen LogP contribution is -2.44. The average Bonchev–Trinajstić information content (AvgIpc) is 3.41. The van der Waals surface area contributed by atoms with Crippen LogP contribution in [-0.4, -0.2) is 70.1 Å². The van der Waals surface area contributed by atoms with Crippen LogP contribution in [0.3, 0.4) is 0 Å². The molecule has 6 rings (SSSR count). The zero-order valence-corrected chi connectivity index (χ0v) is 22.5. The predicted octanol–water partition coefficient (Wildman–Crippen LogP) is 4.72. The number of halogens is 2. The summed E-state index contributed by atoms with van der Waals surface area (Å²) in [5, 5.41) is 0. The topological polar surface area (TPSA) is 71.3 Å². The SMILES string of the molecule is CS(=O)(=O)N1CCC([C@@H](CCN2[C@@H]3CC[C@H]2CC(n2cnc4cnccc42)C3)c2cc(F)cc(F)c2)CC1. The Morgan fingerprint density at radius 2 is 1.68 bits per heavy atom. The van der Waals surface area contributed by atoms with Crippen molar-refractivity contribution in [1.29, 1.82) is 0 Å². The van der Waals surface area contributed by atoms with E-state index < -0.39 is 21.7 Å². The number of hydrogen-bond donors (Lipinski definition) is 0. The molecule has 204 valence electrons. The summed E-state index contributed by atoms with van der Waals surface area (Å²) in [4.78, 5) is 11.4. The molecule has 7 nitrogen and oxygen atoms in total. The quantitative estimate of drug-likeness (QED) is 0.431. The first-order chi connectivity index (χ1) is 18.3. The molecule has 0 spiro atoms. The van der Waals surface area contributed by atoms with Gasteiger partial charge in [-0.15, -0.1) is 0 Å². The van der Waals surface area contributed by atoms with E-state index in [1.165, 1.54) is 35.5 Å². The van der Waals surface area contributed by atoms with Gasteiger partial charge in [-0.3, -0.25) is 9.88 Å². The minimum absolute atomic E-state index is 0.0101. The molecule has 3 aliphatic rings. The number of hydrogen-bond acceptors (Lipinski definition) is 5. The van der Waals surface area contributed by atoms with Gasteiger partial charge in [-0.1, -0.05) is 0 Å². The summed E-state index contributed by atoms with van der Waals surface area (Å²) in [7, 11) is -3.23. The van der Waals surface area contributed by atoms with E-state index in [-0.39, 0.29) is 11.8 Å². The second-order valence-electron chi connectivity index (χ2n) is 11.4. The minimum atomic E-state index is -3.23. The molecule has 3 fully saturated rings. The van der Waals surface area contributed by atoms with Crippen LogP contribution in [0.4, 0.5) is 8.78 Å². The molecule has 2 aromatic heterocycles. The maximum absolute atomic E-state index is 14.2. The van der Waals surface area contributed by atoms with E-state index in [0.29, 0.717) is 49.6 Å². The molecular formula is C28H35F2N5O2S. The van der Waals surface area contributed by atoms with E-state index >= 15 is 0 Å². The fraction of sp³-hybridized carbons (Fsp3) is 0.571. The van der Waals surface area contributed by atoms with Gasteiger partial charge in [0.25, 0.3) is 0 Å². The summed E-state index contributed by atoms with van der Waals surface area (Å²) in [6.45, 7) is 1.80. The number of piperidine rings is 2. The van der Waals surface area contributed by atoms with Gasteiger partial charge in [0.1, 0.15) is 17.2 Å². The number of imidazole rings is 1. The number of benzene rings is 1. The van der Waals surface area contributed by atoms with Crippen molar-refractivity contribution >= 4 is 21.1 Å². The molecule has 0 amide bonds. The third-order valence-electron chi connectivity index (χ3n) is 9.18. The first-order valence-electron chi connectivity index (χ1n) is 13.7. The molecule has 0 radical (unpaired) electrons. The summed E-state index contributed by atoms with van der Waals surface area (Å²) in [5.74, 6) is -0.927. The van der Waals surface area contributed by atoms with E-state index in [1.807, 2.05) is 24.8 Å². The minimum Gasteiger partial charge on any atom is -0.327 e. The van der Waals surface area contributed by atoms with Crippen LogP contribution in [0.5, 0.6) is 0 Å². The third kappa shape index (κ3) is 5.10. The van der Waals surface area contributed by atoms with Crippen molar-refractivity contribution in [1.82, 2.24) is 23.7 Å². The Hall–Kier alpha value is -2.43. The van der Waals surface area contributed by atoms with Crippen LogP contribution in [0.25, 0.3) is 11.0 Å². The zero-order valence-electron chi connectivity index (χ0n) is 21.7. The lowest BCUT2D eigenvalue weighted by Gasteiger charge is -2.41. The van der Waals surface area contributed by atoms with Crippen LogP contribution in [-0.2, 0) is 10.0 Å². The van der Waals surface area contributed by atoms with Crippen molar-refractivity contribution < 1.29 is 17.2 Å². The number of fused-ring (bicyclic) bond motifs is 3. The molecular weight excluding hydrogens is 508 g/mol. The smallest absolute Gasteiger partial charge is 0.211 e. The molecule has 3 aliphatic heterocycles. The number of nitrogens with zero attached hydrogens (tertiary/aromatic N) is 5. The van der Waals surface area contributed by atoms with Crippen molar-refractivity contribution in [2.75, 3.05) is 25.9 Å². The Morgan fingerprint density at radius 3 is 2.34 bits per heavy atom. The van der Waals surface area contributed by atoms with Crippen LogP contribution < -0.4 is 0 Å². The molecule has 3 saturated heterocycles. The maximum atomic E-state index is 14.2. The van der Waals surface area contributed by atoms with E-state index in [1.54, 1.807) is 0 Å². The second-order valence-corrected chi connectivity index (χ2v) is 13.3. The second kappa shape index (κ2) is 10.3. The fourth-order valence-electron chi connectivity index (χ4n) is 7.37. The Kier molecular flexibility index (Phi) is 6.98. The normalized spacial score (nSPS) is 26.2. The highest BCUT2D eigenvalue weighted by Crippen LogP contribution is 2.43. The van der Waals surface area contributed by atoms with Crippen LogP contribution in [0.15, 0.2) is 43.0 Å². The Morgan fingerprint density at radius 1 is 1.00 bits per heavy atom. The Labute approximate surface area is 222 Å². The van der Waals surface area contributed by atoms with Gasteiger partial charge in [0.15, 0.2) is 0 Å². The largest absolute Gasteiger partial charge is 0.327 e. The summed E-state index contributed by atoms with van der Waals surface area (Å²) in [6.07, 6.45) is 13.5. The lowest BCUT2D eigenvalue weighted by molar-refractivity contribution is 0.0992. The summed E-state index contributed by atoms with van der Waals surface area (Å²) >= 11 is 0. The molecule has 0 N–H and O–H groups in total. The molecule has 0 aliphatic carbocycles. The van der Waals surface area contributed by atoms with Gasteiger partial charge in [-0.2, -0.15) is 0 Å². The van der Waals surface area contributed by atoms with Crippen molar-refractivity contribution in [2.24, 2.45) is 5.92 Å². The van der Waals surface area contributed by atoms with E-state index in [9.17, 15) is 17.2 Å². The molecule has 1 aromatic carbocycles. The third-order valence-corrected chi connectivity index (χ3v) is 10.5. The van der Waals surface area contributed by atoms with Gasteiger partial charge in [-0.05, 0) is 87.1 Å². The molecule has 1 unspecified atom stereocenters. The number of sulfonamides is 1. The number of rotatable bonds is 7. The highest BCUT2D eigenvalue weighted by atomic mass is 32.2. The van der Waals surface area contributed by atoms with Crippen molar-refractivity contribution in [3.63, 3.8) is 0 Å². The van der Waals surface area contributed by atoms with E-state index in [2.05, 4.69) is 19.4 Å². The first-order valence-corrected chi connectivity index (χ1v) is 15.5. The van der Waals surface area contributed by atoms with Gasteiger partial charge in [0.05, 0.1) is 24.3 Å². The highest BCUT2D eigenvalue weighted by molar-refractivity contribution is 7.88. The molecule has 38 heavy (non-hydrogen) atoms. The predicted molar refractivity (Wildman–Crippen MR) is 142 cm³/mol. The summed E-state index contributed by atoms with van der Waals surface area (Å²) < 4.78 is 56.4. The van der Waals surface area contributed by atoms with Crippen molar-refractivity contribution in [3.05, 3.63) is 60.2 Å². The molecule has 4 atom stereocenters. The molecule has 3 aromatic rings. The van der Waals surface area contributed by atoms with Crippen LogP contribution >= 0.6 is 0 Å². The van der Waals surface area contributed by atoms with Crippen LogP contribution in [0, 0.1) is 17.6 Å². The fourth-order valence-corrected chi connectivity index (χ4v) is 8.25. The molecule has 0 saturated carbocycles. The van der Waals surface area contributed by atoms with Crippen LogP contribution in [0.2, 0.25) is 0 Å². The molecule has 5 heterocycles. The van der Waals surface area contributed by atoms with E-state index in [0.717, 1.165) is 42.9 Å². The highest BCUT2D eigenvalue weighted by Gasteiger charge is 2.42. The summed E-state index contributed by atoms with van der Waals surface area (Å²) in [5.41, 5.74) is 2.75. The van der Waals surface area contributed by atoms with Gasteiger partial charge in [0.2, 0.25) is 10.0 Å². The number of pyridine rings is 1. The van der Waals surface area contributed by atoms with Gasteiger partial charge in [-0.25, -0.2) is 26.5 Å². The van der Waals surface area contributed by atoms with Gasteiger partial charge in [0, 0.05) is 43.5 Å². The maximum Gasteiger partial charge on any atom is 0.211 e. The standard InChI is InChI=1S/C28H35F2N5O2S/c1-38(36,37)33-9-5-19(6-10-33)26(20-12-21(29)14-22(30)13-20)7-11-34-23-2-3-24(34)16-25(15-23)35-18-32-27-17-31-8-4-28(27)35/h4,8,12-14,17-19,23-26H,2-3,5-7,9-11,15-16H2,1H3/t23-,24+,25?,26-/m1/s1. The van der Waals surface area contributed by atoms with E-state index in [4.69, 9.17) is 0 Å². The van der Waals surface area contributed by atoms with Gasteiger partial charge < -0.3 is 4.57 Å². The van der Waals surface area contributed by atoms with Gasteiger partial charge >= 0.3 is 0 Å². The molecule has 10 heteroatoms. The first kappa shape index (κ1) is 25.8.